The van der Waals surface area contributed by atoms with Gasteiger partial charge in [-0.2, -0.15) is 0 Å². The number of carbonyl (C=O) groups excluding carboxylic acids is 3. The van der Waals surface area contributed by atoms with Gasteiger partial charge >= 0.3 is 0 Å². The number of carboxylic acids is 3. The number of aliphatic carboxylic acids is 3. The van der Waals surface area contributed by atoms with Crippen LogP contribution in [-0.4, -0.2) is 65.1 Å². The van der Waals surface area contributed by atoms with Gasteiger partial charge in [-0.05, 0) is 0 Å². The minimum absolute atomic E-state index is 0.194. The number of hydrogen-bond donors (Lipinski definition) is 4. The molecule has 0 aliphatic heterocycles. The van der Waals surface area contributed by atoms with Gasteiger partial charge in [-0.3, -0.25) is 0 Å². The Hall–Kier alpha value is -1.75. The first kappa shape index (κ1) is 20.6. The van der Waals surface area contributed by atoms with Gasteiger partial charge in [0.15, 0.2) is 0 Å². The van der Waals surface area contributed by atoms with E-state index in [4.69, 9.17) is 15.3 Å². The van der Waals surface area contributed by atoms with E-state index in [1.54, 1.807) is 0 Å². The molecule has 10 nitrogen and oxygen atoms in total. The quantitative estimate of drug-likeness (QED) is 0.298. The molecular weight excluding hydrogens is 278 g/mol. The zero-order valence-electron chi connectivity index (χ0n) is 10.6. The highest BCUT2D eigenvalue weighted by atomic mass is 16.4. The predicted octanol–water partition coefficient (Wildman–Crippen LogP) is -7.72. The Balaban J connectivity index is 0. The Morgan fingerprint density at radius 3 is 1.45 bits per heavy atom. The molecule has 0 radical (unpaired) electrons. The molecule has 0 saturated heterocycles. The number of nitrogens with two attached hydrogens (primary N) is 1. The van der Waals surface area contributed by atoms with Crippen molar-refractivity contribution in [3.05, 3.63) is 0 Å². The fourth-order valence-corrected chi connectivity index (χ4v) is 1.01. The van der Waals surface area contributed by atoms with Crippen molar-refractivity contribution in [1.82, 2.24) is 0 Å². The molecule has 0 rings (SSSR count). The van der Waals surface area contributed by atoms with Crippen LogP contribution in [0.1, 0.15) is 12.8 Å². The van der Waals surface area contributed by atoms with Crippen LogP contribution in [0.3, 0.4) is 0 Å². The summed E-state index contributed by atoms with van der Waals surface area (Å²) >= 11 is 0. The van der Waals surface area contributed by atoms with Crippen molar-refractivity contribution >= 4 is 17.9 Å². The second kappa shape index (κ2) is 11.1. The molecular formula is C10H17NO9-2. The van der Waals surface area contributed by atoms with Crippen LogP contribution in [0, 0.1) is 0 Å². The number of rotatable bonds is 9. The van der Waals surface area contributed by atoms with Gasteiger partial charge in [0.25, 0.3) is 0 Å². The molecule has 0 bridgehead atoms. The van der Waals surface area contributed by atoms with Crippen molar-refractivity contribution in [2.45, 2.75) is 18.4 Å². The van der Waals surface area contributed by atoms with Gasteiger partial charge in [-0.1, -0.05) is 0 Å². The minimum Gasteiger partial charge on any atom is -0.550 e. The first-order valence-electron chi connectivity index (χ1n) is 5.56. The highest BCUT2D eigenvalue weighted by Crippen LogP contribution is 2.13. The molecule has 0 aromatic carbocycles. The third kappa shape index (κ3) is 11.3. The topological polar surface area (TPSA) is 198 Å². The second-order valence-corrected chi connectivity index (χ2v) is 3.73. The highest BCUT2D eigenvalue weighted by Gasteiger charge is 2.29. The normalized spacial score (nSPS) is 10.3. The van der Waals surface area contributed by atoms with Gasteiger partial charge < -0.3 is 50.3 Å². The number of hydrogen-bond acceptors (Lipinski definition) is 9. The van der Waals surface area contributed by atoms with Crippen LogP contribution >= 0.6 is 0 Å². The van der Waals surface area contributed by atoms with E-state index in [-0.39, 0.29) is 13.2 Å². The fraction of sp³-hybridized carbons (Fsp3) is 0.700. The van der Waals surface area contributed by atoms with Gasteiger partial charge in [0.1, 0.15) is 5.60 Å². The van der Waals surface area contributed by atoms with E-state index < -0.39 is 36.4 Å². The van der Waals surface area contributed by atoms with E-state index in [0.29, 0.717) is 13.1 Å². The van der Waals surface area contributed by atoms with Crippen molar-refractivity contribution in [2.75, 3.05) is 26.3 Å². The number of carboxylic acid groups (broad SMARTS) is 3. The summed E-state index contributed by atoms with van der Waals surface area (Å²) in [5.41, 5.74) is -2.97. The van der Waals surface area contributed by atoms with E-state index >= 15 is 0 Å². The lowest BCUT2D eigenvalue weighted by atomic mass is 9.96. The Kier molecular flexibility index (Phi) is 11.4. The van der Waals surface area contributed by atoms with E-state index in [1.807, 2.05) is 5.32 Å². The van der Waals surface area contributed by atoms with Crippen molar-refractivity contribution in [1.29, 1.82) is 0 Å². The Labute approximate surface area is 114 Å². The largest absolute Gasteiger partial charge is 0.550 e. The number of aliphatic hydroxyl groups excluding tert-OH is 2. The molecule has 0 saturated carbocycles. The maximum atomic E-state index is 10.1. The summed E-state index contributed by atoms with van der Waals surface area (Å²) in [5, 5.41) is 57.1. The second-order valence-electron chi connectivity index (χ2n) is 3.73. The van der Waals surface area contributed by atoms with Crippen molar-refractivity contribution in [3.63, 3.8) is 0 Å². The molecule has 0 unspecified atom stereocenters. The maximum absolute atomic E-state index is 10.1. The molecule has 0 fully saturated rings. The summed E-state index contributed by atoms with van der Waals surface area (Å²) < 4.78 is 0. The van der Waals surface area contributed by atoms with Crippen LogP contribution in [0.25, 0.3) is 0 Å². The van der Waals surface area contributed by atoms with Crippen LogP contribution in [0.15, 0.2) is 0 Å². The van der Waals surface area contributed by atoms with E-state index in [9.17, 15) is 29.7 Å². The molecule has 0 aromatic rings. The third-order valence-electron chi connectivity index (χ3n) is 1.92. The summed E-state index contributed by atoms with van der Waals surface area (Å²) in [6.45, 7) is 1.78. The smallest absolute Gasteiger partial charge is 0.114 e. The summed E-state index contributed by atoms with van der Waals surface area (Å²) in [6.07, 6.45) is -2.72. The molecule has 0 aromatic heterocycles. The lowest BCUT2D eigenvalue weighted by molar-refractivity contribution is -0.657. The number of quaternary nitrogens is 1. The first-order valence-corrected chi connectivity index (χ1v) is 5.56. The SMILES string of the molecule is O=C([O-])CC(O)(CC(=O)[O-])C(=O)[O-].OCC[NH2+]CCO. The van der Waals surface area contributed by atoms with E-state index in [0.717, 1.165) is 0 Å². The lowest BCUT2D eigenvalue weighted by Gasteiger charge is -2.29. The molecule has 0 aliphatic carbocycles. The minimum atomic E-state index is -2.97. The molecule has 0 amide bonds. The van der Waals surface area contributed by atoms with Crippen molar-refractivity contribution < 1.29 is 50.3 Å². The molecule has 0 spiro atoms. The van der Waals surface area contributed by atoms with Gasteiger partial charge in [-0.25, -0.2) is 0 Å². The van der Waals surface area contributed by atoms with Gasteiger partial charge in [0.2, 0.25) is 0 Å². The van der Waals surface area contributed by atoms with Crippen LogP contribution in [-0.2, 0) is 14.4 Å². The van der Waals surface area contributed by atoms with Crippen LogP contribution in [0.2, 0.25) is 0 Å². The summed E-state index contributed by atoms with van der Waals surface area (Å²) in [6, 6.07) is 0. The molecule has 118 valence electrons. The van der Waals surface area contributed by atoms with Crippen LogP contribution < -0.4 is 20.6 Å². The monoisotopic (exact) mass is 295 g/mol. The number of carbonyl (C=O) groups is 3. The summed E-state index contributed by atoms with van der Waals surface area (Å²) in [4.78, 5) is 30.0. The average molecular weight is 295 g/mol. The van der Waals surface area contributed by atoms with Crippen LogP contribution in [0.5, 0.6) is 0 Å². The molecule has 20 heavy (non-hydrogen) atoms. The van der Waals surface area contributed by atoms with Gasteiger partial charge in [0.05, 0.1) is 32.3 Å². The summed E-state index contributed by atoms with van der Waals surface area (Å²) in [5.74, 6) is -5.98. The molecule has 5 N–H and O–H groups in total. The van der Waals surface area contributed by atoms with Gasteiger partial charge in [0, 0.05) is 24.8 Å². The van der Waals surface area contributed by atoms with Gasteiger partial charge in [-0.15, -0.1) is 0 Å². The standard InChI is InChI=1S/C6H8O7.C4H11NO2/c7-3(8)1-6(13,5(11)12)2-4(9)10;6-3-1-5-2-4-7/h13H,1-2H2,(H,7,8)(H,9,10)(H,11,12);5-7H,1-4H2/p-2. The van der Waals surface area contributed by atoms with Crippen molar-refractivity contribution in [3.8, 4) is 0 Å². The summed E-state index contributed by atoms with van der Waals surface area (Å²) in [7, 11) is 0. The molecule has 0 heterocycles. The zero-order chi connectivity index (χ0) is 16.2. The lowest BCUT2D eigenvalue weighted by Crippen LogP contribution is -2.85. The first-order chi connectivity index (χ1) is 9.19. The van der Waals surface area contributed by atoms with Crippen molar-refractivity contribution in [2.24, 2.45) is 0 Å². The Bertz CT molecular complexity index is 298. The number of aliphatic hydroxyl groups is 3. The predicted molar refractivity (Wildman–Crippen MR) is 55.0 cm³/mol. The average Bonchev–Trinajstić information content (AvgIpc) is 2.28. The fourth-order valence-electron chi connectivity index (χ4n) is 1.01. The molecule has 10 heteroatoms. The molecule has 0 aliphatic rings. The van der Waals surface area contributed by atoms with Crippen LogP contribution in [0.4, 0.5) is 0 Å². The third-order valence-corrected chi connectivity index (χ3v) is 1.92. The Morgan fingerprint density at radius 2 is 1.25 bits per heavy atom. The molecule has 0 atom stereocenters. The highest BCUT2D eigenvalue weighted by molar-refractivity contribution is 5.86. The van der Waals surface area contributed by atoms with E-state index in [2.05, 4.69) is 0 Å². The zero-order valence-corrected chi connectivity index (χ0v) is 10.6. The Morgan fingerprint density at radius 1 is 0.900 bits per heavy atom. The van der Waals surface area contributed by atoms with E-state index in [1.165, 1.54) is 0 Å². The maximum Gasteiger partial charge on any atom is 0.114 e.